The normalized spacial score (nSPS) is 19.0. The quantitative estimate of drug-likeness (QED) is 0.919. The number of hydrogen-bond acceptors (Lipinski definition) is 2. The third-order valence-corrected chi connectivity index (χ3v) is 4.63. The SMILES string of the molecule is NCc1ccc(CN2CCCC2c2ccccc2)c(Cl)c1. The van der Waals surface area contributed by atoms with Crippen molar-refractivity contribution in [2.45, 2.75) is 32.0 Å². The lowest BCUT2D eigenvalue weighted by Crippen LogP contribution is -2.23. The minimum atomic E-state index is 0.511. The van der Waals surface area contributed by atoms with E-state index in [1.54, 1.807) is 0 Å². The van der Waals surface area contributed by atoms with Crippen LogP contribution in [0.4, 0.5) is 0 Å². The summed E-state index contributed by atoms with van der Waals surface area (Å²) >= 11 is 6.40. The molecular formula is C18H21ClN2. The van der Waals surface area contributed by atoms with Crippen LogP contribution in [-0.4, -0.2) is 11.4 Å². The molecule has 2 nitrogen and oxygen atoms in total. The van der Waals surface area contributed by atoms with Gasteiger partial charge in [0.2, 0.25) is 0 Å². The first-order chi connectivity index (χ1) is 10.3. The van der Waals surface area contributed by atoms with Crippen molar-refractivity contribution in [1.82, 2.24) is 4.90 Å². The highest BCUT2D eigenvalue weighted by Gasteiger charge is 2.26. The van der Waals surface area contributed by atoms with Gasteiger partial charge in [0.1, 0.15) is 0 Å². The van der Waals surface area contributed by atoms with Crippen LogP contribution in [0, 0.1) is 0 Å². The van der Waals surface area contributed by atoms with Gasteiger partial charge in [-0.25, -0.2) is 0 Å². The highest BCUT2D eigenvalue weighted by Crippen LogP contribution is 2.34. The minimum Gasteiger partial charge on any atom is -0.326 e. The van der Waals surface area contributed by atoms with Crippen LogP contribution < -0.4 is 5.73 Å². The molecule has 0 bridgehead atoms. The van der Waals surface area contributed by atoms with Crippen LogP contribution in [0.1, 0.15) is 35.6 Å². The van der Waals surface area contributed by atoms with Gasteiger partial charge in [-0.3, -0.25) is 4.90 Å². The first-order valence-electron chi connectivity index (χ1n) is 7.54. The fourth-order valence-electron chi connectivity index (χ4n) is 3.13. The summed E-state index contributed by atoms with van der Waals surface area (Å²) in [5, 5.41) is 0.830. The predicted molar refractivity (Wildman–Crippen MR) is 88.2 cm³/mol. The molecule has 21 heavy (non-hydrogen) atoms. The van der Waals surface area contributed by atoms with Gasteiger partial charge in [0.05, 0.1) is 0 Å². The van der Waals surface area contributed by atoms with Crippen molar-refractivity contribution in [3.63, 3.8) is 0 Å². The van der Waals surface area contributed by atoms with E-state index in [0.717, 1.165) is 23.7 Å². The maximum absolute atomic E-state index is 6.40. The lowest BCUT2D eigenvalue weighted by molar-refractivity contribution is 0.248. The molecule has 1 aliphatic rings. The number of likely N-dealkylation sites (tertiary alicyclic amines) is 1. The fourth-order valence-corrected chi connectivity index (χ4v) is 3.40. The Bertz CT molecular complexity index is 597. The molecule has 0 aromatic heterocycles. The molecule has 2 N–H and O–H groups in total. The average molecular weight is 301 g/mol. The number of hydrogen-bond donors (Lipinski definition) is 1. The fraction of sp³-hybridized carbons (Fsp3) is 0.333. The molecule has 1 aliphatic heterocycles. The van der Waals surface area contributed by atoms with Crippen molar-refractivity contribution in [3.05, 3.63) is 70.2 Å². The van der Waals surface area contributed by atoms with Gasteiger partial charge < -0.3 is 5.73 Å². The standard InChI is InChI=1S/C18H21ClN2/c19-17-11-14(12-20)8-9-16(17)13-21-10-4-7-18(21)15-5-2-1-3-6-15/h1-3,5-6,8-9,11,18H,4,7,10,12-13,20H2. The van der Waals surface area contributed by atoms with Crippen molar-refractivity contribution in [1.29, 1.82) is 0 Å². The van der Waals surface area contributed by atoms with Gasteiger partial charge in [-0.2, -0.15) is 0 Å². The van der Waals surface area contributed by atoms with Crippen LogP contribution in [-0.2, 0) is 13.1 Å². The second-order valence-electron chi connectivity index (χ2n) is 5.67. The first kappa shape index (κ1) is 14.6. The second-order valence-corrected chi connectivity index (χ2v) is 6.08. The molecule has 1 saturated heterocycles. The molecule has 0 spiro atoms. The summed E-state index contributed by atoms with van der Waals surface area (Å²) in [7, 11) is 0. The van der Waals surface area contributed by atoms with E-state index in [1.807, 2.05) is 6.07 Å². The van der Waals surface area contributed by atoms with E-state index in [1.165, 1.54) is 24.0 Å². The largest absolute Gasteiger partial charge is 0.326 e. The summed E-state index contributed by atoms with van der Waals surface area (Å²) in [6.45, 7) is 2.58. The number of halogens is 1. The summed E-state index contributed by atoms with van der Waals surface area (Å²) in [6, 6.07) is 17.5. The Morgan fingerprint density at radius 3 is 2.67 bits per heavy atom. The zero-order chi connectivity index (χ0) is 14.7. The Kier molecular flexibility index (Phi) is 4.59. The van der Waals surface area contributed by atoms with Crippen LogP contribution in [0.2, 0.25) is 5.02 Å². The number of nitrogens with two attached hydrogens (primary N) is 1. The molecule has 2 aromatic carbocycles. The molecule has 110 valence electrons. The van der Waals surface area contributed by atoms with Gasteiger partial charge in [-0.05, 0) is 42.1 Å². The molecule has 3 heteroatoms. The Hall–Kier alpha value is -1.35. The molecule has 0 radical (unpaired) electrons. The van der Waals surface area contributed by atoms with Crippen molar-refractivity contribution in [2.24, 2.45) is 5.73 Å². The predicted octanol–water partition coefficient (Wildman–Crippen LogP) is 4.14. The van der Waals surface area contributed by atoms with Gasteiger partial charge in [0, 0.05) is 24.2 Å². The van der Waals surface area contributed by atoms with Gasteiger partial charge in [-0.15, -0.1) is 0 Å². The molecule has 3 rings (SSSR count). The summed E-state index contributed by atoms with van der Waals surface area (Å²) in [4.78, 5) is 2.53. The van der Waals surface area contributed by atoms with E-state index in [0.29, 0.717) is 12.6 Å². The van der Waals surface area contributed by atoms with Crippen LogP contribution >= 0.6 is 11.6 Å². The maximum atomic E-state index is 6.40. The van der Waals surface area contributed by atoms with E-state index in [-0.39, 0.29) is 0 Å². The molecular weight excluding hydrogens is 280 g/mol. The molecule has 1 heterocycles. The summed E-state index contributed by atoms with van der Waals surface area (Å²) in [5.41, 5.74) is 9.35. The maximum Gasteiger partial charge on any atom is 0.0454 e. The van der Waals surface area contributed by atoms with Gasteiger partial charge >= 0.3 is 0 Å². The zero-order valence-corrected chi connectivity index (χ0v) is 12.9. The van der Waals surface area contributed by atoms with Crippen molar-refractivity contribution >= 4 is 11.6 Å². The first-order valence-corrected chi connectivity index (χ1v) is 7.92. The van der Waals surface area contributed by atoms with Crippen LogP contribution in [0.3, 0.4) is 0 Å². The topological polar surface area (TPSA) is 29.3 Å². The molecule has 2 aromatic rings. The van der Waals surface area contributed by atoms with Crippen molar-refractivity contribution < 1.29 is 0 Å². The Labute approximate surface area is 131 Å². The Morgan fingerprint density at radius 2 is 1.95 bits per heavy atom. The number of benzene rings is 2. The summed E-state index contributed by atoms with van der Waals surface area (Å²) in [6.07, 6.45) is 2.47. The average Bonchev–Trinajstić information content (AvgIpc) is 2.98. The zero-order valence-electron chi connectivity index (χ0n) is 12.1. The van der Waals surface area contributed by atoms with Gasteiger partial charge in [-0.1, -0.05) is 54.1 Å². The molecule has 1 fully saturated rings. The van der Waals surface area contributed by atoms with Gasteiger partial charge in [0.25, 0.3) is 0 Å². The highest BCUT2D eigenvalue weighted by atomic mass is 35.5. The number of rotatable bonds is 4. The van der Waals surface area contributed by atoms with Gasteiger partial charge in [0.15, 0.2) is 0 Å². The Morgan fingerprint density at radius 1 is 1.14 bits per heavy atom. The molecule has 0 saturated carbocycles. The van der Waals surface area contributed by atoms with E-state index in [2.05, 4.69) is 47.4 Å². The van der Waals surface area contributed by atoms with Crippen LogP contribution in [0.15, 0.2) is 48.5 Å². The van der Waals surface area contributed by atoms with Crippen molar-refractivity contribution in [3.8, 4) is 0 Å². The monoisotopic (exact) mass is 300 g/mol. The van der Waals surface area contributed by atoms with Crippen LogP contribution in [0.25, 0.3) is 0 Å². The van der Waals surface area contributed by atoms with E-state index < -0.39 is 0 Å². The smallest absolute Gasteiger partial charge is 0.0454 e. The van der Waals surface area contributed by atoms with E-state index in [9.17, 15) is 0 Å². The second kappa shape index (κ2) is 6.61. The number of nitrogens with zero attached hydrogens (tertiary/aromatic N) is 1. The highest BCUT2D eigenvalue weighted by molar-refractivity contribution is 6.31. The summed E-state index contributed by atoms with van der Waals surface area (Å²) < 4.78 is 0. The minimum absolute atomic E-state index is 0.511. The third kappa shape index (κ3) is 3.29. The van der Waals surface area contributed by atoms with E-state index in [4.69, 9.17) is 17.3 Å². The van der Waals surface area contributed by atoms with Crippen molar-refractivity contribution in [2.75, 3.05) is 6.54 Å². The third-order valence-electron chi connectivity index (χ3n) is 4.27. The Balaban J connectivity index is 1.78. The molecule has 1 atom stereocenters. The molecule has 0 aliphatic carbocycles. The van der Waals surface area contributed by atoms with Crippen LogP contribution in [0.5, 0.6) is 0 Å². The molecule has 0 amide bonds. The van der Waals surface area contributed by atoms with E-state index >= 15 is 0 Å². The lowest BCUT2D eigenvalue weighted by Gasteiger charge is -2.25. The molecule has 1 unspecified atom stereocenters. The lowest BCUT2D eigenvalue weighted by atomic mass is 10.0. The summed E-state index contributed by atoms with van der Waals surface area (Å²) in [5.74, 6) is 0.